The quantitative estimate of drug-likeness (QED) is 0.0987. The maximum Gasteiger partial charge on any atom is 0.267 e. The molecule has 18 heteroatoms. The maximum absolute atomic E-state index is 14.7. The maximum atomic E-state index is 14.7. The van der Waals surface area contributed by atoms with Crippen molar-refractivity contribution in [3.8, 4) is 0 Å². The zero-order chi connectivity index (χ0) is 32.4. The number of halogens is 12. The second-order valence-electron chi connectivity index (χ2n) is 9.04. The molecule has 2 heterocycles. The van der Waals surface area contributed by atoms with E-state index in [-0.39, 0.29) is 0 Å². The van der Waals surface area contributed by atoms with Crippen LogP contribution in [0.25, 0.3) is 10.8 Å². The summed E-state index contributed by atoms with van der Waals surface area (Å²) in [5.41, 5.74) is -7.61. The lowest BCUT2D eigenvalue weighted by Crippen LogP contribution is -2.45. The molecule has 2 aliphatic heterocycles. The fraction of sp³-hybridized carbons (Fsp3) is 0. The van der Waals surface area contributed by atoms with Crippen molar-refractivity contribution in [3.05, 3.63) is 103 Å². The van der Waals surface area contributed by atoms with Crippen LogP contribution in [-0.4, -0.2) is 23.6 Å². The molecule has 0 atom stereocenters. The number of hydrogen-bond donors (Lipinski definition) is 0. The third kappa shape index (κ3) is 3.45. The van der Waals surface area contributed by atoms with Crippen molar-refractivity contribution in [1.82, 2.24) is 0 Å². The number of benzene rings is 4. The van der Waals surface area contributed by atoms with Crippen LogP contribution >= 0.6 is 23.2 Å². The average Bonchev–Trinajstić information content (AvgIpc) is 2.98. The van der Waals surface area contributed by atoms with Gasteiger partial charge in [0.05, 0.1) is 32.3 Å². The Morgan fingerprint density at radius 3 is 0.932 bits per heavy atom. The van der Waals surface area contributed by atoms with E-state index < -0.39 is 146 Å². The first kappa shape index (κ1) is 29.4. The molecule has 0 saturated heterocycles. The SMILES string of the molecule is O=C1c2cc(Cl)c3c4c(cc(Cl)c(c24)C(=O)N1c1c(F)c(F)c(F)c(F)c1F)C(=O)N(c1c(F)c(F)c(F)c(F)c1F)C3=O. The van der Waals surface area contributed by atoms with Crippen molar-refractivity contribution in [1.29, 1.82) is 0 Å². The molecule has 0 fully saturated rings. The van der Waals surface area contributed by atoms with Gasteiger partial charge in [0.2, 0.25) is 11.6 Å². The number of hydrogen-bond acceptors (Lipinski definition) is 4. The molecule has 4 aromatic carbocycles. The summed E-state index contributed by atoms with van der Waals surface area (Å²) in [6, 6.07) is 1.06. The summed E-state index contributed by atoms with van der Waals surface area (Å²) in [7, 11) is 0. The molecule has 6 rings (SSSR count). The van der Waals surface area contributed by atoms with Crippen LogP contribution in [-0.2, 0) is 0 Å². The Morgan fingerprint density at radius 1 is 0.409 bits per heavy atom. The van der Waals surface area contributed by atoms with Crippen LogP contribution in [0, 0.1) is 58.2 Å². The summed E-state index contributed by atoms with van der Waals surface area (Å²) < 4.78 is 142. The number of rotatable bonds is 2. The van der Waals surface area contributed by atoms with Crippen LogP contribution in [0.1, 0.15) is 41.4 Å². The number of amides is 4. The zero-order valence-electron chi connectivity index (χ0n) is 20.2. The van der Waals surface area contributed by atoms with Crippen LogP contribution in [0.15, 0.2) is 12.1 Å². The Balaban J connectivity index is 1.66. The van der Waals surface area contributed by atoms with Gasteiger partial charge >= 0.3 is 0 Å². The van der Waals surface area contributed by atoms with Gasteiger partial charge in [-0.1, -0.05) is 23.2 Å². The monoisotopic (exact) mass is 666 g/mol. The Kier molecular flexibility index (Phi) is 6.27. The van der Waals surface area contributed by atoms with E-state index in [9.17, 15) is 63.1 Å². The number of imide groups is 2. The predicted molar refractivity (Wildman–Crippen MR) is 129 cm³/mol. The molecule has 44 heavy (non-hydrogen) atoms. The van der Waals surface area contributed by atoms with Crippen molar-refractivity contribution >= 4 is 69.0 Å². The van der Waals surface area contributed by atoms with Crippen LogP contribution in [0.5, 0.6) is 0 Å². The Bertz CT molecular complexity index is 1950. The van der Waals surface area contributed by atoms with Gasteiger partial charge in [-0.2, -0.15) is 0 Å². The molecule has 6 nitrogen and oxygen atoms in total. The standard InChI is InChI=1S/C26H2Cl2F10N2O4/c27-5-1-3-7-8-4(24(42)40(25(43)9(5)8)22-19(37)15(33)12(30)16(34)20(22)38)2-6(28)10(7)26(44)39(23(3)41)21-17(35)13(31)11(29)14(32)18(21)36/h1-2H. The van der Waals surface area contributed by atoms with Crippen molar-refractivity contribution < 1.29 is 63.1 Å². The van der Waals surface area contributed by atoms with Gasteiger partial charge in [0.15, 0.2) is 46.5 Å². The summed E-state index contributed by atoms with van der Waals surface area (Å²) in [6.07, 6.45) is 0. The van der Waals surface area contributed by atoms with Crippen LogP contribution < -0.4 is 9.80 Å². The Morgan fingerprint density at radius 2 is 0.659 bits per heavy atom. The summed E-state index contributed by atoms with van der Waals surface area (Å²) in [5, 5.41) is -3.21. The van der Waals surface area contributed by atoms with Crippen molar-refractivity contribution in [2.45, 2.75) is 0 Å². The largest absolute Gasteiger partial charge is 0.268 e. The third-order valence-electron chi connectivity index (χ3n) is 6.83. The Hall–Kier alpha value is -4.70. The summed E-state index contributed by atoms with van der Waals surface area (Å²) in [5.74, 6) is -32.9. The van der Waals surface area contributed by atoms with Gasteiger partial charge in [0.1, 0.15) is 11.4 Å². The molecule has 4 aromatic rings. The Labute approximate surface area is 244 Å². The molecular weight excluding hydrogens is 665 g/mol. The van der Waals surface area contributed by atoms with Gasteiger partial charge in [-0.15, -0.1) is 0 Å². The molecule has 2 aliphatic rings. The topological polar surface area (TPSA) is 74.8 Å². The van der Waals surface area contributed by atoms with Gasteiger partial charge in [0, 0.05) is 10.8 Å². The second kappa shape index (κ2) is 9.40. The smallest absolute Gasteiger partial charge is 0.267 e. The molecule has 0 unspecified atom stereocenters. The minimum Gasteiger partial charge on any atom is -0.268 e. The predicted octanol–water partition coefficient (Wildman–Crippen LogP) is 7.14. The van der Waals surface area contributed by atoms with E-state index in [0.717, 1.165) is 0 Å². The molecule has 0 spiro atoms. The highest BCUT2D eigenvalue weighted by Gasteiger charge is 2.47. The lowest BCUT2D eigenvalue weighted by atomic mass is 9.85. The third-order valence-corrected chi connectivity index (χ3v) is 7.43. The highest BCUT2D eigenvalue weighted by atomic mass is 35.5. The van der Waals surface area contributed by atoms with Crippen LogP contribution in [0.4, 0.5) is 55.3 Å². The summed E-state index contributed by atoms with van der Waals surface area (Å²) in [6.45, 7) is 0. The van der Waals surface area contributed by atoms with Crippen molar-refractivity contribution in [2.24, 2.45) is 0 Å². The van der Waals surface area contributed by atoms with E-state index >= 15 is 0 Å². The van der Waals surface area contributed by atoms with Crippen molar-refractivity contribution in [3.63, 3.8) is 0 Å². The first-order valence-electron chi connectivity index (χ1n) is 11.3. The fourth-order valence-electron chi connectivity index (χ4n) is 4.96. The van der Waals surface area contributed by atoms with E-state index in [1.54, 1.807) is 0 Å². The molecule has 0 aromatic heterocycles. The van der Waals surface area contributed by atoms with E-state index in [2.05, 4.69) is 0 Å². The highest BCUT2D eigenvalue weighted by Crippen LogP contribution is 2.47. The van der Waals surface area contributed by atoms with Crippen molar-refractivity contribution in [2.75, 3.05) is 9.80 Å². The van der Waals surface area contributed by atoms with E-state index in [4.69, 9.17) is 23.2 Å². The normalized spacial score (nSPS) is 14.5. The summed E-state index contributed by atoms with van der Waals surface area (Å²) in [4.78, 5) is 52.7. The number of carbonyl (C=O) groups excluding carboxylic acids is 4. The minimum atomic E-state index is -2.61. The van der Waals surface area contributed by atoms with Gasteiger partial charge in [-0.25, -0.2) is 53.7 Å². The molecule has 0 aliphatic carbocycles. The summed E-state index contributed by atoms with van der Waals surface area (Å²) >= 11 is 12.3. The minimum absolute atomic E-state index is 0.453. The number of nitrogens with zero attached hydrogens (tertiary/aromatic N) is 2. The molecule has 4 amide bonds. The average molecular weight is 667 g/mol. The molecule has 0 N–H and O–H groups in total. The molecule has 0 bridgehead atoms. The van der Waals surface area contributed by atoms with Gasteiger partial charge in [0.25, 0.3) is 23.6 Å². The van der Waals surface area contributed by atoms with Gasteiger partial charge in [-0.3, -0.25) is 19.2 Å². The van der Waals surface area contributed by atoms with E-state index in [0.29, 0.717) is 12.1 Å². The van der Waals surface area contributed by atoms with E-state index in [1.165, 1.54) is 0 Å². The zero-order valence-corrected chi connectivity index (χ0v) is 21.7. The number of carbonyl (C=O) groups is 4. The lowest BCUT2D eigenvalue weighted by molar-refractivity contribution is 0.0870. The van der Waals surface area contributed by atoms with Crippen LogP contribution in [0.3, 0.4) is 0 Å². The highest BCUT2D eigenvalue weighted by molar-refractivity contribution is 6.49. The molecule has 0 saturated carbocycles. The van der Waals surface area contributed by atoms with Crippen LogP contribution in [0.2, 0.25) is 10.0 Å². The fourth-order valence-corrected chi connectivity index (χ4v) is 5.53. The molecule has 224 valence electrons. The second-order valence-corrected chi connectivity index (χ2v) is 9.85. The lowest BCUT2D eigenvalue weighted by Gasteiger charge is -2.33. The van der Waals surface area contributed by atoms with Gasteiger partial charge < -0.3 is 0 Å². The molecular formula is C26H2Cl2F10N2O4. The first-order chi connectivity index (χ1) is 20.5. The molecule has 0 radical (unpaired) electrons. The first-order valence-corrected chi connectivity index (χ1v) is 12.1. The number of anilines is 2. The van der Waals surface area contributed by atoms with E-state index in [1.807, 2.05) is 0 Å². The van der Waals surface area contributed by atoms with Gasteiger partial charge in [-0.05, 0) is 12.1 Å².